The number of hydrogen-bond acceptors (Lipinski definition) is 6. The number of carbonyl (C=O) groups excluding carboxylic acids is 4. The Morgan fingerprint density at radius 3 is 2.09 bits per heavy atom. The van der Waals surface area contributed by atoms with E-state index in [4.69, 9.17) is 4.74 Å². The molecule has 8 nitrogen and oxygen atoms in total. The molecular weight excluding hydrogens is 448 g/mol. The maximum absolute atomic E-state index is 13.0. The van der Waals surface area contributed by atoms with Gasteiger partial charge in [-0.1, -0.05) is 32.9 Å². The van der Waals surface area contributed by atoms with Gasteiger partial charge in [0.15, 0.2) is 5.78 Å². The van der Waals surface area contributed by atoms with Gasteiger partial charge in [0.05, 0.1) is 12.6 Å². The maximum Gasteiger partial charge on any atom is 0.306 e. The van der Waals surface area contributed by atoms with Crippen LogP contribution in [0.25, 0.3) is 0 Å². The highest BCUT2D eigenvalue weighted by atomic mass is 16.6. The van der Waals surface area contributed by atoms with Gasteiger partial charge in [0, 0.05) is 30.4 Å². The van der Waals surface area contributed by atoms with Crippen molar-refractivity contribution in [2.75, 3.05) is 5.32 Å². The van der Waals surface area contributed by atoms with E-state index in [0.717, 1.165) is 0 Å². The summed E-state index contributed by atoms with van der Waals surface area (Å²) in [7, 11) is 0. The van der Waals surface area contributed by atoms with Gasteiger partial charge < -0.3 is 20.5 Å². The molecule has 1 rings (SSSR count). The van der Waals surface area contributed by atoms with Crippen molar-refractivity contribution < 1.29 is 29.0 Å². The van der Waals surface area contributed by atoms with Crippen LogP contribution in [-0.4, -0.2) is 40.3 Å². The molecule has 35 heavy (non-hydrogen) atoms. The van der Waals surface area contributed by atoms with E-state index in [-0.39, 0.29) is 43.5 Å². The molecule has 0 saturated carbocycles. The van der Waals surface area contributed by atoms with Gasteiger partial charge >= 0.3 is 5.97 Å². The van der Waals surface area contributed by atoms with E-state index < -0.39 is 29.4 Å². The summed E-state index contributed by atoms with van der Waals surface area (Å²) in [6.45, 7) is 12.7. The second-order valence-electron chi connectivity index (χ2n) is 10.6. The standard InChI is InChI=1S/C27H42N2O6/c1-17(2)14-18(3)25(33)28-19(4)23(31)15-21(10-13-24(32)35-27(5,6)7)26(34)29-22-11-8-20(16-30)9-12-22/h8-9,11-12,17-19,21,30H,10,13-16H2,1-7H3,(H,28,33)(H,29,34)/t18-,19+,21-/m1/s1. The Labute approximate surface area is 209 Å². The van der Waals surface area contributed by atoms with E-state index >= 15 is 0 Å². The smallest absolute Gasteiger partial charge is 0.306 e. The highest BCUT2D eigenvalue weighted by molar-refractivity contribution is 5.97. The van der Waals surface area contributed by atoms with Gasteiger partial charge in [0.25, 0.3) is 0 Å². The molecule has 0 aliphatic carbocycles. The van der Waals surface area contributed by atoms with Crippen molar-refractivity contribution in [1.29, 1.82) is 0 Å². The van der Waals surface area contributed by atoms with E-state index in [1.807, 2.05) is 20.8 Å². The Kier molecular flexibility index (Phi) is 12.1. The van der Waals surface area contributed by atoms with Crippen LogP contribution in [0, 0.1) is 17.8 Å². The van der Waals surface area contributed by atoms with Crippen molar-refractivity contribution in [2.24, 2.45) is 17.8 Å². The molecule has 0 unspecified atom stereocenters. The summed E-state index contributed by atoms with van der Waals surface area (Å²) in [6.07, 6.45) is 0.704. The van der Waals surface area contributed by atoms with Gasteiger partial charge in [0.2, 0.25) is 11.8 Å². The Hall–Kier alpha value is -2.74. The van der Waals surface area contributed by atoms with Crippen molar-refractivity contribution in [2.45, 2.75) is 92.4 Å². The summed E-state index contributed by atoms with van der Waals surface area (Å²) >= 11 is 0. The van der Waals surface area contributed by atoms with Crippen molar-refractivity contribution in [3.05, 3.63) is 29.8 Å². The predicted octanol–water partition coefficient (Wildman–Crippen LogP) is 4.00. The Morgan fingerprint density at radius 1 is 0.971 bits per heavy atom. The number of hydrogen-bond donors (Lipinski definition) is 3. The van der Waals surface area contributed by atoms with Gasteiger partial charge in [-0.05, 0) is 64.2 Å². The van der Waals surface area contributed by atoms with E-state index in [2.05, 4.69) is 10.6 Å². The fourth-order valence-corrected chi connectivity index (χ4v) is 3.62. The molecule has 0 bridgehead atoms. The minimum atomic E-state index is -0.778. The van der Waals surface area contributed by atoms with Crippen LogP contribution in [0.3, 0.4) is 0 Å². The lowest BCUT2D eigenvalue weighted by Crippen LogP contribution is -2.42. The van der Waals surface area contributed by atoms with Crippen LogP contribution in [0.2, 0.25) is 0 Å². The van der Waals surface area contributed by atoms with Crippen molar-refractivity contribution in [3.63, 3.8) is 0 Å². The molecule has 0 fully saturated rings. The van der Waals surface area contributed by atoms with E-state index in [1.165, 1.54) is 0 Å². The van der Waals surface area contributed by atoms with Gasteiger partial charge in [-0.25, -0.2) is 0 Å². The summed E-state index contributed by atoms with van der Waals surface area (Å²) in [6, 6.07) is 5.95. The zero-order chi connectivity index (χ0) is 26.8. The number of ether oxygens (including phenoxy) is 1. The van der Waals surface area contributed by atoms with Gasteiger partial charge in [-0.3, -0.25) is 19.2 Å². The van der Waals surface area contributed by atoms with Crippen LogP contribution in [0.15, 0.2) is 24.3 Å². The molecule has 3 atom stereocenters. The number of benzene rings is 1. The third-order valence-corrected chi connectivity index (χ3v) is 5.45. The number of ketones is 1. The first-order valence-electron chi connectivity index (χ1n) is 12.3. The predicted molar refractivity (Wildman–Crippen MR) is 135 cm³/mol. The lowest BCUT2D eigenvalue weighted by Gasteiger charge is -2.22. The normalized spacial score (nSPS) is 14.1. The number of carbonyl (C=O) groups is 4. The second-order valence-corrected chi connectivity index (χ2v) is 10.6. The molecule has 0 aliphatic heterocycles. The van der Waals surface area contributed by atoms with Crippen molar-refractivity contribution in [3.8, 4) is 0 Å². The molecule has 0 heterocycles. The molecule has 0 radical (unpaired) electrons. The monoisotopic (exact) mass is 490 g/mol. The Bertz CT molecular complexity index is 857. The van der Waals surface area contributed by atoms with E-state index in [1.54, 1.807) is 52.0 Å². The first-order valence-corrected chi connectivity index (χ1v) is 12.3. The molecule has 1 aromatic carbocycles. The topological polar surface area (TPSA) is 122 Å². The fraction of sp³-hybridized carbons (Fsp3) is 0.630. The maximum atomic E-state index is 13.0. The SMILES string of the molecule is CC(C)C[C@@H](C)C(=O)N[C@@H](C)C(=O)C[C@@H](CCC(=O)OC(C)(C)C)C(=O)Nc1ccc(CO)cc1. The fourth-order valence-electron chi connectivity index (χ4n) is 3.62. The number of nitrogens with one attached hydrogen (secondary N) is 2. The minimum absolute atomic E-state index is 0.0156. The number of rotatable bonds is 13. The first kappa shape index (κ1) is 30.3. The largest absolute Gasteiger partial charge is 0.460 e. The Balaban J connectivity index is 2.88. The van der Waals surface area contributed by atoms with Crippen LogP contribution in [-0.2, 0) is 30.5 Å². The summed E-state index contributed by atoms with van der Waals surface area (Å²) in [5.74, 6) is -1.97. The number of esters is 1. The van der Waals surface area contributed by atoms with Crippen molar-refractivity contribution >= 4 is 29.3 Å². The molecule has 0 aromatic heterocycles. The third kappa shape index (κ3) is 12.0. The zero-order valence-corrected chi connectivity index (χ0v) is 22.1. The molecule has 3 N–H and O–H groups in total. The molecule has 0 spiro atoms. The van der Waals surface area contributed by atoms with Crippen LogP contribution in [0.4, 0.5) is 5.69 Å². The van der Waals surface area contributed by atoms with Gasteiger partial charge in [-0.2, -0.15) is 0 Å². The average Bonchev–Trinajstić information content (AvgIpc) is 2.75. The van der Waals surface area contributed by atoms with Gasteiger partial charge in [0.1, 0.15) is 5.60 Å². The molecule has 0 aliphatic rings. The molecular formula is C27H42N2O6. The number of anilines is 1. The Morgan fingerprint density at radius 2 is 1.57 bits per heavy atom. The summed E-state index contributed by atoms with van der Waals surface area (Å²) in [5.41, 5.74) is 0.576. The van der Waals surface area contributed by atoms with Crippen LogP contribution in [0.5, 0.6) is 0 Å². The highest BCUT2D eigenvalue weighted by Crippen LogP contribution is 2.20. The second kappa shape index (κ2) is 14.0. The zero-order valence-electron chi connectivity index (χ0n) is 22.1. The summed E-state index contributed by atoms with van der Waals surface area (Å²) in [4.78, 5) is 50.6. The molecule has 1 aromatic rings. The molecule has 2 amide bonds. The van der Waals surface area contributed by atoms with Crippen molar-refractivity contribution in [1.82, 2.24) is 5.32 Å². The molecule has 8 heteroatoms. The van der Waals surface area contributed by atoms with Crippen LogP contribution < -0.4 is 10.6 Å². The summed E-state index contributed by atoms with van der Waals surface area (Å²) < 4.78 is 5.34. The lowest BCUT2D eigenvalue weighted by molar-refractivity contribution is -0.155. The average molecular weight is 491 g/mol. The van der Waals surface area contributed by atoms with Crippen LogP contribution >= 0.6 is 0 Å². The first-order chi connectivity index (χ1) is 16.2. The lowest BCUT2D eigenvalue weighted by atomic mass is 9.93. The van der Waals surface area contributed by atoms with E-state index in [9.17, 15) is 24.3 Å². The van der Waals surface area contributed by atoms with Crippen LogP contribution in [0.1, 0.15) is 79.7 Å². The number of aliphatic hydroxyl groups is 1. The van der Waals surface area contributed by atoms with Gasteiger partial charge in [-0.15, -0.1) is 0 Å². The summed E-state index contributed by atoms with van der Waals surface area (Å²) in [5, 5.41) is 14.7. The highest BCUT2D eigenvalue weighted by Gasteiger charge is 2.28. The van der Waals surface area contributed by atoms with E-state index in [0.29, 0.717) is 23.6 Å². The third-order valence-electron chi connectivity index (χ3n) is 5.45. The minimum Gasteiger partial charge on any atom is -0.460 e. The molecule has 196 valence electrons. The number of Topliss-reactive ketones (excluding diaryl/α,β-unsaturated/α-hetero) is 1. The molecule has 0 saturated heterocycles. The number of aliphatic hydroxyl groups excluding tert-OH is 1. The number of amides is 2. The quantitative estimate of drug-likeness (QED) is 0.359.